The van der Waals surface area contributed by atoms with Crippen molar-refractivity contribution < 1.29 is 0 Å². The summed E-state index contributed by atoms with van der Waals surface area (Å²) in [4.78, 5) is 4.30. The summed E-state index contributed by atoms with van der Waals surface area (Å²) < 4.78 is 1.97. The van der Waals surface area contributed by atoms with Gasteiger partial charge in [-0.05, 0) is 45.6 Å². The van der Waals surface area contributed by atoms with Crippen LogP contribution in [0.4, 0.5) is 0 Å². The van der Waals surface area contributed by atoms with Crippen molar-refractivity contribution in [2.24, 2.45) is 5.92 Å². The molecule has 0 radical (unpaired) electrons. The number of hydrogen-bond acceptors (Lipinski definition) is 3. The number of rotatable bonds is 5. The van der Waals surface area contributed by atoms with Gasteiger partial charge in [0.05, 0.1) is 6.54 Å². The van der Waals surface area contributed by atoms with E-state index in [1.807, 2.05) is 4.68 Å². The largest absolute Gasteiger partial charge is 0.310 e. The van der Waals surface area contributed by atoms with E-state index in [-0.39, 0.29) is 0 Å². The molecule has 1 aliphatic rings. The Hall–Kier alpha value is -0.610. The summed E-state index contributed by atoms with van der Waals surface area (Å²) >= 11 is 6.20. The van der Waals surface area contributed by atoms with E-state index in [9.17, 15) is 0 Å². The van der Waals surface area contributed by atoms with Crippen molar-refractivity contribution in [3.05, 3.63) is 12.2 Å². The molecule has 1 N–H and O–H groups in total. The fourth-order valence-corrected chi connectivity index (χ4v) is 3.04. The van der Waals surface area contributed by atoms with Crippen LogP contribution in [0, 0.1) is 5.92 Å². The molecule has 0 aromatic carbocycles. The highest BCUT2D eigenvalue weighted by atomic mass is 35.5. The second-order valence-electron chi connectivity index (χ2n) is 5.48. The molecular formula is C13H23ClN4. The molecule has 1 heterocycles. The molecule has 1 aromatic rings. The SMILES string of the molecule is CC(C)n1ncnc1CNCC1CCCC(Cl)C1. The zero-order valence-corrected chi connectivity index (χ0v) is 12.0. The van der Waals surface area contributed by atoms with Crippen LogP contribution in [0.2, 0.25) is 0 Å². The van der Waals surface area contributed by atoms with Crippen LogP contribution in [0.3, 0.4) is 0 Å². The van der Waals surface area contributed by atoms with Crippen molar-refractivity contribution >= 4 is 11.6 Å². The van der Waals surface area contributed by atoms with Crippen LogP contribution in [0.25, 0.3) is 0 Å². The molecule has 2 atom stereocenters. The summed E-state index contributed by atoms with van der Waals surface area (Å²) in [5.74, 6) is 1.74. The lowest BCUT2D eigenvalue weighted by molar-refractivity contribution is 0.343. The third kappa shape index (κ3) is 3.69. The molecular weight excluding hydrogens is 248 g/mol. The van der Waals surface area contributed by atoms with Crippen molar-refractivity contribution in [3.8, 4) is 0 Å². The van der Waals surface area contributed by atoms with Crippen LogP contribution in [0.5, 0.6) is 0 Å². The Labute approximate surface area is 114 Å². The smallest absolute Gasteiger partial charge is 0.141 e. The van der Waals surface area contributed by atoms with Crippen molar-refractivity contribution in [1.82, 2.24) is 20.1 Å². The maximum absolute atomic E-state index is 6.20. The normalized spacial score (nSPS) is 24.7. The van der Waals surface area contributed by atoms with Gasteiger partial charge in [0.15, 0.2) is 0 Å². The summed E-state index contributed by atoms with van der Waals surface area (Å²) in [6.07, 6.45) is 6.52. The van der Waals surface area contributed by atoms with Crippen LogP contribution >= 0.6 is 11.6 Å². The van der Waals surface area contributed by atoms with Gasteiger partial charge in [-0.1, -0.05) is 6.42 Å². The summed E-state index contributed by atoms with van der Waals surface area (Å²) in [6.45, 7) is 6.07. The van der Waals surface area contributed by atoms with E-state index in [0.29, 0.717) is 11.4 Å². The molecule has 1 fully saturated rings. The van der Waals surface area contributed by atoms with E-state index in [1.165, 1.54) is 19.3 Å². The number of nitrogens with zero attached hydrogens (tertiary/aromatic N) is 3. The molecule has 0 spiro atoms. The van der Waals surface area contributed by atoms with Crippen LogP contribution in [-0.2, 0) is 6.54 Å². The summed E-state index contributed by atoms with van der Waals surface area (Å²) in [7, 11) is 0. The first-order valence-corrected chi connectivity index (χ1v) is 7.33. The average Bonchev–Trinajstić information content (AvgIpc) is 2.77. The standard InChI is InChI=1S/C13H23ClN4/c1-10(2)18-13(16-9-17-18)8-15-7-11-4-3-5-12(14)6-11/h9-12,15H,3-8H2,1-2H3. The second kappa shape index (κ2) is 6.53. The van der Waals surface area contributed by atoms with Gasteiger partial charge >= 0.3 is 0 Å². The minimum absolute atomic E-state index is 0.367. The maximum Gasteiger partial charge on any atom is 0.141 e. The third-order valence-electron chi connectivity index (χ3n) is 3.57. The first-order valence-electron chi connectivity index (χ1n) is 6.90. The molecule has 18 heavy (non-hydrogen) atoms. The van der Waals surface area contributed by atoms with E-state index < -0.39 is 0 Å². The molecule has 0 bridgehead atoms. The Bertz CT molecular complexity index is 364. The number of hydrogen-bond donors (Lipinski definition) is 1. The van der Waals surface area contributed by atoms with Crippen LogP contribution in [0.15, 0.2) is 6.33 Å². The van der Waals surface area contributed by atoms with E-state index in [0.717, 1.165) is 31.3 Å². The van der Waals surface area contributed by atoms with Gasteiger partial charge < -0.3 is 5.32 Å². The highest BCUT2D eigenvalue weighted by Crippen LogP contribution is 2.27. The molecule has 102 valence electrons. The van der Waals surface area contributed by atoms with Crippen LogP contribution in [0.1, 0.15) is 51.4 Å². The molecule has 1 aliphatic carbocycles. The Balaban J connectivity index is 1.76. The lowest BCUT2D eigenvalue weighted by Crippen LogP contribution is -2.28. The number of aromatic nitrogens is 3. The molecule has 2 rings (SSSR count). The molecule has 0 aliphatic heterocycles. The van der Waals surface area contributed by atoms with E-state index in [1.54, 1.807) is 6.33 Å². The minimum Gasteiger partial charge on any atom is -0.310 e. The van der Waals surface area contributed by atoms with Gasteiger partial charge in [-0.3, -0.25) is 0 Å². The lowest BCUT2D eigenvalue weighted by Gasteiger charge is -2.25. The molecule has 5 heteroatoms. The van der Waals surface area contributed by atoms with Gasteiger partial charge in [0.2, 0.25) is 0 Å². The summed E-state index contributed by atoms with van der Waals surface area (Å²) in [5, 5.41) is 8.11. The molecule has 2 unspecified atom stereocenters. The summed E-state index contributed by atoms with van der Waals surface area (Å²) in [6, 6.07) is 0.367. The molecule has 4 nitrogen and oxygen atoms in total. The fourth-order valence-electron chi connectivity index (χ4n) is 2.63. The van der Waals surface area contributed by atoms with Crippen molar-refractivity contribution in [2.75, 3.05) is 6.54 Å². The number of nitrogens with one attached hydrogen (secondary N) is 1. The zero-order chi connectivity index (χ0) is 13.0. The van der Waals surface area contributed by atoms with E-state index in [4.69, 9.17) is 11.6 Å². The lowest BCUT2D eigenvalue weighted by atomic mass is 9.89. The molecule has 1 aromatic heterocycles. The van der Waals surface area contributed by atoms with Crippen LogP contribution in [-0.4, -0.2) is 26.7 Å². The van der Waals surface area contributed by atoms with Gasteiger partial charge in [-0.2, -0.15) is 5.10 Å². The van der Waals surface area contributed by atoms with Gasteiger partial charge in [0.1, 0.15) is 12.2 Å². The topological polar surface area (TPSA) is 42.7 Å². The Kier molecular flexibility index (Phi) is 5.01. The predicted molar refractivity (Wildman–Crippen MR) is 73.7 cm³/mol. The predicted octanol–water partition coefficient (Wildman–Crippen LogP) is 2.75. The Morgan fingerprint density at radius 3 is 3.06 bits per heavy atom. The highest BCUT2D eigenvalue weighted by Gasteiger charge is 2.19. The average molecular weight is 271 g/mol. The fraction of sp³-hybridized carbons (Fsp3) is 0.846. The van der Waals surface area contributed by atoms with Gasteiger partial charge in [-0.25, -0.2) is 9.67 Å². The van der Waals surface area contributed by atoms with Gasteiger partial charge in [-0.15, -0.1) is 11.6 Å². The first-order chi connectivity index (χ1) is 8.66. The minimum atomic E-state index is 0.367. The van der Waals surface area contributed by atoms with Crippen molar-refractivity contribution in [3.63, 3.8) is 0 Å². The number of alkyl halides is 1. The van der Waals surface area contributed by atoms with Crippen molar-refractivity contribution in [1.29, 1.82) is 0 Å². The zero-order valence-electron chi connectivity index (χ0n) is 11.3. The first kappa shape index (κ1) is 13.8. The maximum atomic E-state index is 6.20. The molecule has 1 saturated carbocycles. The van der Waals surface area contributed by atoms with Crippen LogP contribution < -0.4 is 5.32 Å². The quantitative estimate of drug-likeness (QED) is 0.837. The Morgan fingerprint density at radius 1 is 1.50 bits per heavy atom. The number of halogens is 1. The third-order valence-corrected chi connectivity index (χ3v) is 3.97. The second-order valence-corrected chi connectivity index (χ2v) is 6.09. The summed E-state index contributed by atoms with van der Waals surface area (Å²) in [5.41, 5.74) is 0. The van der Waals surface area contributed by atoms with Gasteiger partial charge in [0.25, 0.3) is 0 Å². The molecule has 0 amide bonds. The monoisotopic (exact) mass is 270 g/mol. The van der Waals surface area contributed by atoms with E-state index in [2.05, 4.69) is 29.2 Å². The van der Waals surface area contributed by atoms with Crippen molar-refractivity contribution in [2.45, 2.75) is 57.5 Å². The highest BCUT2D eigenvalue weighted by molar-refractivity contribution is 6.20. The Morgan fingerprint density at radius 2 is 2.33 bits per heavy atom. The van der Waals surface area contributed by atoms with Gasteiger partial charge in [0, 0.05) is 11.4 Å². The van der Waals surface area contributed by atoms with E-state index >= 15 is 0 Å². The molecule has 0 saturated heterocycles.